The van der Waals surface area contributed by atoms with Crippen LogP contribution in [-0.2, 0) is 9.59 Å². The lowest BCUT2D eigenvalue weighted by Crippen LogP contribution is -2.51. The van der Waals surface area contributed by atoms with Gasteiger partial charge in [-0.15, -0.1) is 0 Å². The second kappa shape index (κ2) is 6.76. The molecule has 1 atom stereocenters. The second-order valence-corrected chi connectivity index (χ2v) is 6.74. The molecule has 1 aliphatic heterocycles. The number of halogens is 1. The zero-order valence-electron chi connectivity index (χ0n) is 13.6. The highest BCUT2D eigenvalue weighted by Gasteiger charge is 2.37. The number of benzene rings is 1. The lowest BCUT2D eigenvalue weighted by molar-refractivity contribution is -0.127. The van der Waals surface area contributed by atoms with Gasteiger partial charge in [0.05, 0.1) is 18.7 Å². The fourth-order valence-electron chi connectivity index (χ4n) is 2.48. The molecule has 1 heterocycles. The number of hydrogen-bond acceptors (Lipinski definition) is 4. The van der Waals surface area contributed by atoms with Crippen LogP contribution in [0.5, 0.6) is 5.75 Å². The maximum absolute atomic E-state index is 12.4. The first-order valence-corrected chi connectivity index (χ1v) is 7.81. The van der Waals surface area contributed by atoms with E-state index in [1.165, 1.54) is 7.11 Å². The van der Waals surface area contributed by atoms with Gasteiger partial charge < -0.3 is 20.7 Å². The van der Waals surface area contributed by atoms with Crippen LogP contribution in [0.2, 0.25) is 5.02 Å². The highest BCUT2D eigenvalue weighted by molar-refractivity contribution is 6.31. The first-order valence-electron chi connectivity index (χ1n) is 7.43. The molecule has 1 fully saturated rings. The Morgan fingerprint density at radius 2 is 2.22 bits per heavy atom. The average Bonchev–Trinajstić information content (AvgIpc) is 2.89. The van der Waals surface area contributed by atoms with Crippen molar-refractivity contribution in [3.05, 3.63) is 23.2 Å². The van der Waals surface area contributed by atoms with Crippen LogP contribution < -0.4 is 20.7 Å². The number of amides is 2. The first kappa shape index (κ1) is 17.6. The van der Waals surface area contributed by atoms with Gasteiger partial charge in [0.2, 0.25) is 11.8 Å². The zero-order valence-corrected chi connectivity index (χ0v) is 14.3. The molecule has 0 bridgehead atoms. The lowest BCUT2D eigenvalue weighted by atomic mass is 10.0. The highest BCUT2D eigenvalue weighted by atomic mass is 35.5. The van der Waals surface area contributed by atoms with Gasteiger partial charge in [-0.05, 0) is 32.0 Å². The Kier molecular flexibility index (Phi) is 5.16. The van der Waals surface area contributed by atoms with Crippen molar-refractivity contribution in [3.8, 4) is 5.75 Å². The van der Waals surface area contributed by atoms with Crippen molar-refractivity contribution in [3.63, 3.8) is 0 Å². The monoisotopic (exact) mass is 339 g/mol. The number of nitrogens with two attached hydrogens (primary N) is 1. The number of hydrogen-bond donors (Lipinski definition) is 2. The molecule has 0 aliphatic carbocycles. The van der Waals surface area contributed by atoms with Crippen molar-refractivity contribution < 1.29 is 14.3 Å². The van der Waals surface area contributed by atoms with Crippen LogP contribution in [0.15, 0.2) is 18.2 Å². The van der Waals surface area contributed by atoms with Gasteiger partial charge in [-0.2, -0.15) is 0 Å². The highest BCUT2D eigenvalue weighted by Crippen LogP contribution is 2.35. The molecule has 6 nitrogen and oxygen atoms in total. The molecular formula is C16H22ClN3O3. The molecule has 3 N–H and O–H groups in total. The molecule has 0 radical (unpaired) electrons. The number of anilines is 1. The number of ether oxygens (including phenoxy) is 1. The van der Waals surface area contributed by atoms with Gasteiger partial charge in [-0.1, -0.05) is 11.6 Å². The molecule has 126 valence electrons. The van der Waals surface area contributed by atoms with E-state index in [0.717, 1.165) is 0 Å². The summed E-state index contributed by atoms with van der Waals surface area (Å²) in [5.41, 5.74) is 5.71. The standard InChI is InChI=1S/C16H22ClN3O3/c1-16(2,9-18)19-15(22)10-6-14(21)20(8-10)12-7-11(17)4-5-13(12)23-3/h4-5,7,10H,6,8-9,18H2,1-3H3,(H,19,22). The molecule has 0 saturated carbocycles. The summed E-state index contributed by atoms with van der Waals surface area (Å²) in [4.78, 5) is 26.2. The van der Waals surface area contributed by atoms with Gasteiger partial charge in [-0.25, -0.2) is 0 Å². The third-order valence-corrected chi connectivity index (χ3v) is 4.13. The van der Waals surface area contributed by atoms with E-state index < -0.39 is 11.5 Å². The van der Waals surface area contributed by atoms with Crippen LogP contribution in [0.1, 0.15) is 20.3 Å². The minimum atomic E-state index is -0.499. The third-order valence-electron chi connectivity index (χ3n) is 3.90. The molecule has 1 aromatic rings. The summed E-state index contributed by atoms with van der Waals surface area (Å²) in [6.45, 7) is 4.31. The van der Waals surface area contributed by atoms with Crippen LogP contribution in [0.25, 0.3) is 0 Å². The maximum atomic E-state index is 12.4. The summed E-state index contributed by atoms with van der Waals surface area (Å²) in [7, 11) is 1.53. The summed E-state index contributed by atoms with van der Waals surface area (Å²) in [5.74, 6) is -0.170. The number of nitrogens with one attached hydrogen (secondary N) is 1. The van der Waals surface area contributed by atoms with Gasteiger partial charge in [0.1, 0.15) is 5.75 Å². The average molecular weight is 340 g/mol. The smallest absolute Gasteiger partial charge is 0.227 e. The summed E-state index contributed by atoms with van der Waals surface area (Å²) in [5, 5.41) is 3.39. The molecule has 0 spiro atoms. The van der Waals surface area contributed by atoms with Crippen molar-refractivity contribution in [2.45, 2.75) is 25.8 Å². The fraction of sp³-hybridized carbons (Fsp3) is 0.500. The Labute approximate surface area is 140 Å². The summed E-state index contributed by atoms with van der Waals surface area (Å²) >= 11 is 6.02. The van der Waals surface area contributed by atoms with Crippen molar-refractivity contribution in [1.29, 1.82) is 0 Å². The SMILES string of the molecule is COc1ccc(Cl)cc1N1CC(C(=O)NC(C)(C)CN)CC1=O. The molecule has 1 saturated heterocycles. The normalized spacial score (nSPS) is 18.2. The molecule has 2 rings (SSSR count). The quantitative estimate of drug-likeness (QED) is 0.852. The first-order chi connectivity index (χ1) is 10.8. The Hall–Kier alpha value is -1.79. The zero-order chi connectivity index (χ0) is 17.2. The van der Waals surface area contributed by atoms with Crippen LogP contribution in [0, 0.1) is 5.92 Å². The minimum Gasteiger partial charge on any atom is -0.495 e. The topological polar surface area (TPSA) is 84.7 Å². The molecular weight excluding hydrogens is 318 g/mol. The minimum absolute atomic E-state index is 0.128. The van der Waals surface area contributed by atoms with Crippen molar-refractivity contribution in [1.82, 2.24) is 5.32 Å². The van der Waals surface area contributed by atoms with E-state index in [9.17, 15) is 9.59 Å². The molecule has 2 amide bonds. The summed E-state index contributed by atoms with van der Waals surface area (Å²) < 4.78 is 5.29. The van der Waals surface area contributed by atoms with Gasteiger partial charge in [-0.3, -0.25) is 9.59 Å². The van der Waals surface area contributed by atoms with E-state index in [2.05, 4.69) is 5.32 Å². The van der Waals surface area contributed by atoms with Gasteiger partial charge in [0.25, 0.3) is 0 Å². The summed E-state index contributed by atoms with van der Waals surface area (Å²) in [6, 6.07) is 5.07. The Bertz CT molecular complexity index is 619. The Morgan fingerprint density at radius 1 is 1.52 bits per heavy atom. The van der Waals surface area contributed by atoms with Crippen molar-refractivity contribution in [2.75, 3.05) is 25.1 Å². The molecule has 7 heteroatoms. The molecule has 1 aliphatic rings. The van der Waals surface area contributed by atoms with Gasteiger partial charge >= 0.3 is 0 Å². The lowest BCUT2D eigenvalue weighted by Gasteiger charge is -2.26. The summed E-state index contributed by atoms with van der Waals surface area (Å²) in [6.07, 6.45) is 0.155. The molecule has 1 unspecified atom stereocenters. The molecule has 1 aromatic carbocycles. The maximum Gasteiger partial charge on any atom is 0.227 e. The third kappa shape index (κ3) is 3.95. The van der Waals surface area contributed by atoms with E-state index >= 15 is 0 Å². The largest absolute Gasteiger partial charge is 0.495 e. The van der Waals surface area contributed by atoms with E-state index in [4.69, 9.17) is 22.1 Å². The predicted octanol–water partition coefficient (Wildman–Crippen LogP) is 1.55. The van der Waals surface area contributed by atoms with Gasteiger partial charge in [0, 0.05) is 30.1 Å². The number of carbonyl (C=O) groups is 2. The van der Waals surface area contributed by atoms with Crippen molar-refractivity contribution in [2.24, 2.45) is 11.7 Å². The number of nitrogens with zero attached hydrogens (tertiary/aromatic N) is 1. The van der Waals surface area contributed by atoms with Crippen molar-refractivity contribution >= 4 is 29.1 Å². The Balaban J connectivity index is 2.17. The van der Waals surface area contributed by atoms with E-state index in [1.807, 2.05) is 13.8 Å². The van der Waals surface area contributed by atoms with E-state index in [0.29, 0.717) is 29.5 Å². The predicted molar refractivity (Wildman–Crippen MR) is 89.7 cm³/mol. The number of carbonyl (C=O) groups excluding carboxylic acids is 2. The second-order valence-electron chi connectivity index (χ2n) is 6.30. The van der Waals surface area contributed by atoms with Crippen LogP contribution in [-0.4, -0.2) is 37.6 Å². The van der Waals surface area contributed by atoms with E-state index in [1.54, 1.807) is 23.1 Å². The van der Waals surface area contributed by atoms with E-state index in [-0.39, 0.29) is 18.2 Å². The van der Waals surface area contributed by atoms with Crippen LogP contribution >= 0.6 is 11.6 Å². The molecule has 23 heavy (non-hydrogen) atoms. The molecule has 0 aromatic heterocycles. The number of rotatable bonds is 5. The Morgan fingerprint density at radius 3 is 2.83 bits per heavy atom. The number of methoxy groups -OCH3 is 1. The van der Waals surface area contributed by atoms with Gasteiger partial charge in [0.15, 0.2) is 0 Å². The fourth-order valence-corrected chi connectivity index (χ4v) is 2.64. The van der Waals surface area contributed by atoms with Crippen LogP contribution in [0.3, 0.4) is 0 Å². The van der Waals surface area contributed by atoms with Crippen LogP contribution in [0.4, 0.5) is 5.69 Å².